The number of ether oxygens (including phenoxy) is 1. The van der Waals surface area contributed by atoms with Gasteiger partial charge in [0.05, 0.1) is 21.7 Å². The first-order valence-corrected chi connectivity index (χ1v) is 12.3. The van der Waals surface area contributed by atoms with Crippen LogP contribution in [-0.4, -0.2) is 29.7 Å². The molecule has 4 rings (SSSR count). The Hall–Kier alpha value is -3.30. The summed E-state index contributed by atoms with van der Waals surface area (Å²) in [6, 6.07) is 17.2. The maximum absolute atomic E-state index is 15.1. The minimum atomic E-state index is -3.79. The second-order valence-corrected chi connectivity index (χ2v) is 9.60. The lowest BCUT2D eigenvalue weighted by Crippen LogP contribution is -2.14. The van der Waals surface area contributed by atoms with Gasteiger partial charge in [-0.3, -0.25) is 0 Å². The van der Waals surface area contributed by atoms with Crippen molar-refractivity contribution in [3.63, 3.8) is 0 Å². The quantitative estimate of drug-likeness (QED) is 0.365. The number of fused-ring (bicyclic) bond motifs is 1. The molecule has 0 amide bonds. The maximum atomic E-state index is 15.1. The smallest absolute Gasteiger partial charge is 0.335 e. The van der Waals surface area contributed by atoms with Crippen molar-refractivity contribution >= 4 is 38.7 Å². The first-order valence-electron chi connectivity index (χ1n) is 9.46. The van der Waals surface area contributed by atoms with Crippen LogP contribution in [-0.2, 0) is 15.8 Å². The number of carbonyl (C=O) groups is 1. The van der Waals surface area contributed by atoms with Crippen molar-refractivity contribution in [3.8, 4) is 11.5 Å². The molecule has 0 radical (unpaired) electrons. The van der Waals surface area contributed by atoms with E-state index in [9.17, 15) is 13.2 Å². The molecule has 1 heterocycles. The molecule has 0 spiro atoms. The average molecular weight is 472 g/mol. The fourth-order valence-corrected chi connectivity index (χ4v) is 5.55. The minimum Gasteiger partial charge on any atom is -0.478 e. The zero-order chi connectivity index (χ0) is 22.9. The number of carboxylic acid groups (broad SMARTS) is 1. The van der Waals surface area contributed by atoms with Gasteiger partial charge in [-0.15, -0.1) is 11.8 Å². The molecular formula is C23H18FNO5S2. The molecule has 0 unspecified atom stereocenters. The van der Waals surface area contributed by atoms with Crippen LogP contribution in [0.1, 0.15) is 15.9 Å². The van der Waals surface area contributed by atoms with Gasteiger partial charge in [0.15, 0.2) is 11.6 Å². The van der Waals surface area contributed by atoms with E-state index in [1.54, 1.807) is 42.7 Å². The van der Waals surface area contributed by atoms with Gasteiger partial charge >= 0.3 is 5.97 Å². The molecule has 0 aliphatic heterocycles. The number of benzene rings is 3. The Bertz CT molecular complexity index is 1420. The standard InChI is InChI=1S/C23H18FNO5S2/c1-31-22-18-10-11-25(32(28,29)14-15-6-3-2-4-7-15)20(18)13-19(24)21(22)30-17-9-5-8-16(12-17)23(26)27/h2-13H,14H2,1H3,(H,26,27). The maximum Gasteiger partial charge on any atom is 0.335 e. The fraction of sp³-hybridized carbons (Fsp3) is 0.0870. The number of aromatic carboxylic acids is 1. The third-order valence-corrected chi connectivity index (χ3v) is 7.25. The van der Waals surface area contributed by atoms with Crippen molar-refractivity contribution in [2.75, 3.05) is 6.26 Å². The summed E-state index contributed by atoms with van der Waals surface area (Å²) in [5.74, 6) is -2.04. The number of nitrogens with zero attached hydrogens (tertiary/aromatic N) is 1. The van der Waals surface area contributed by atoms with Gasteiger partial charge in [0.2, 0.25) is 10.0 Å². The Morgan fingerprint density at radius 1 is 1.09 bits per heavy atom. The second kappa shape index (κ2) is 8.68. The Labute approximate surface area is 188 Å². The molecule has 1 aromatic heterocycles. The van der Waals surface area contributed by atoms with E-state index >= 15 is 4.39 Å². The summed E-state index contributed by atoms with van der Waals surface area (Å²) in [6.45, 7) is 0. The normalized spacial score (nSPS) is 11.6. The van der Waals surface area contributed by atoms with Gasteiger partial charge in [-0.1, -0.05) is 36.4 Å². The average Bonchev–Trinajstić information content (AvgIpc) is 3.19. The van der Waals surface area contributed by atoms with Crippen LogP contribution in [0.5, 0.6) is 11.5 Å². The van der Waals surface area contributed by atoms with E-state index in [0.717, 1.165) is 10.0 Å². The summed E-state index contributed by atoms with van der Waals surface area (Å²) >= 11 is 1.21. The van der Waals surface area contributed by atoms with Crippen LogP contribution < -0.4 is 4.74 Å². The lowest BCUT2D eigenvalue weighted by molar-refractivity contribution is 0.0696. The van der Waals surface area contributed by atoms with Crippen LogP contribution in [0.25, 0.3) is 10.9 Å². The fourth-order valence-electron chi connectivity index (χ4n) is 3.38. The number of thioether (sulfide) groups is 1. The molecular weight excluding hydrogens is 453 g/mol. The molecule has 3 aromatic carbocycles. The molecule has 9 heteroatoms. The monoisotopic (exact) mass is 471 g/mol. The zero-order valence-corrected chi connectivity index (χ0v) is 18.5. The second-order valence-electron chi connectivity index (χ2n) is 6.94. The van der Waals surface area contributed by atoms with E-state index in [-0.39, 0.29) is 28.3 Å². The Kier molecular flexibility index (Phi) is 5.94. The van der Waals surface area contributed by atoms with Crippen LogP contribution in [0.4, 0.5) is 4.39 Å². The minimum absolute atomic E-state index is 0.00726. The Morgan fingerprint density at radius 2 is 1.84 bits per heavy atom. The van der Waals surface area contributed by atoms with Gasteiger partial charge in [0.1, 0.15) is 5.75 Å². The molecule has 0 bridgehead atoms. The van der Waals surface area contributed by atoms with Crippen LogP contribution in [0.3, 0.4) is 0 Å². The first kappa shape index (κ1) is 21.9. The molecule has 164 valence electrons. The van der Waals surface area contributed by atoms with Crippen molar-refractivity contribution in [1.82, 2.24) is 3.97 Å². The highest BCUT2D eigenvalue weighted by atomic mass is 32.2. The van der Waals surface area contributed by atoms with Gasteiger partial charge in [-0.05, 0) is 36.1 Å². The van der Waals surface area contributed by atoms with Crippen molar-refractivity contribution in [1.29, 1.82) is 0 Å². The van der Waals surface area contributed by atoms with E-state index in [1.807, 2.05) is 0 Å². The highest BCUT2D eigenvalue weighted by molar-refractivity contribution is 7.99. The van der Waals surface area contributed by atoms with Gasteiger partial charge in [0.25, 0.3) is 0 Å². The SMILES string of the molecule is CSc1c(Oc2cccc(C(=O)O)c2)c(F)cc2c1ccn2S(=O)(=O)Cc1ccccc1. The largest absolute Gasteiger partial charge is 0.478 e. The third kappa shape index (κ3) is 4.21. The lowest BCUT2D eigenvalue weighted by atomic mass is 10.2. The molecule has 0 aliphatic rings. The van der Waals surface area contributed by atoms with Crippen LogP contribution in [0.2, 0.25) is 0 Å². The highest BCUT2D eigenvalue weighted by Gasteiger charge is 2.23. The predicted octanol–water partition coefficient (Wildman–Crippen LogP) is 5.37. The summed E-state index contributed by atoms with van der Waals surface area (Å²) in [6.07, 6.45) is 3.13. The third-order valence-electron chi connectivity index (χ3n) is 4.82. The van der Waals surface area contributed by atoms with Gasteiger partial charge in [-0.2, -0.15) is 0 Å². The molecule has 0 saturated heterocycles. The van der Waals surface area contributed by atoms with Crippen molar-refractivity contribution in [2.45, 2.75) is 10.6 Å². The number of aromatic nitrogens is 1. The first-order chi connectivity index (χ1) is 15.3. The van der Waals surface area contributed by atoms with E-state index in [0.29, 0.717) is 15.8 Å². The van der Waals surface area contributed by atoms with Crippen LogP contribution in [0, 0.1) is 5.82 Å². The number of carboxylic acids is 1. The van der Waals surface area contributed by atoms with Gasteiger partial charge in [-0.25, -0.2) is 21.6 Å². The van der Waals surface area contributed by atoms with E-state index in [4.69, 9.17) is 9.84 Å². The summed E-state index contributed by atoms with van der Waals surface area (Å²) in [7, 11) is -3.79. The highest BCUT2D eigenvalue weighted by Crippen LogP contribution is 2.41. The number of rotatable bonds is 7. The van der Waals surface area contributed by atoms with Crippen molar-refractivity contribution in [2.24, 2.45) is 0 Å². The van der Waals surface area contributed by atoms with Gasteiger partial charge < -0.3 is 9.84 Å². The zero-order valence-electron chi connectivity index (χ0n) is 16.9. The molecule has 32 heavy (non-hydrogen) atoms. The molecule has 1 N–H and O–H groups in total. The van der Waals surface area contributed by atoms with Gasteiger partial charge in [0, 0.05) is 17.6 Å². The number of hydrogen-bond donors (Lipinski definition) is 1. The summed E-state index contributed by atoms with van der Waals surface area (Å²) in [5.41, 5.74) is 0.834. The summed E-state index contributed by atoms with van der Waals surface area (Å²) in [5, 5.41) is 9.68. The Morgan fingerprint density at radius 3 is 2.53 bits per heavy atom. The molecule has 0 saturated carbocycles. The number of hydrogen-bond acceptors (Lipinski definition) is 5. The molecule has 0 atom stereocenters. The lowest BCUT2D eigenvalue weighted by Gasteiger charge is -2.14. The van der Waals surface area contributed by atoms with E-state index in [1.165, 1.54) is 42.2 Å². The Balaban J connectivity index is 1.78. The molecule has 6 nitrogen and oxygen atoms in total. The van der Waals surface area contributed by atoms with Crippen LogP contribution >= 0.6 is 11.8 Å². The molecule has 0 aliphatic carbocycles. The topological polar surface area (TPSA) is 85.6 Å². The van der Waals surface area contributed by atoms with Crippen LogP contribution in [0.15, 0.2) is 77.8 Å². The molecule has 0 fully saturated rings. The van der Waals surface area contributed by atoms with Crippen molar-refractivity contribution in [3.05, 3.63) is 89.9 Å². The summed E-state index contributed by atoms with van der Waals surface area (Å²) in [4.78, 5) is 11.6. The predicted molar refractivity (Wildman–Crippen MR) is 122 cm³/mol. The molecule has 4 aromatic rings. The summed E-state index contributed by atoms with van der Waals surface area (Å²) < 4.78 is 47.9. The van der Waals surface area contributed by atoms with E-state index in [2.05, 4.69) is 0 Å². The van der Waals surface area contributed by atoms with Crippen molar-refractivity contribution < 1.29 is 27.4 Å². The number of halogens is 1. The van der Waals surface area contributed by atoms with E-state index < -0.39 is 21.8 Å².